The van der Waals surface area contributed by atoms with E-state index in [1.54, 1.807) is 6.08 Å². The standard InChI is InChI=1S/C71H123NO18/c1-3-5-7-9-11-13-15-17-19-21-23-24-25-26-27-28-29-30-31-33-35-37-39-41-43-45-47-49-59(77)72-54(55(76)48-46-44-42-40-38-36-34-32-22-20-18-16-14-12-10-8-6-4-2)53-85-69-65(83)62(80)67(57(51-74)87-69)90-71-66(84)63(81)68(58(52-75)88-71)89-70-64(82)61(79)60(78)56(50-73)86-70/h5,7,11,13,17,19,22-24,32,38,40,46,48,54-58,60-71,73-76,78-84H,3-4,6,8-10,12,14-16,18,20-21,25-31,33-37,39,41-45,47,49-53H2,1-2H3,(H,72,77)/b7-5-,13-11-,19-17-,24-23-,32-22+,40-38+,48-46+. The van der Waals surface area contributed by atoms with Gasteiger partial charge in [-0.05, 0) is 83.5 Å². The number of rotatable bonds is 52. The van der Waals surface area contributed by atoms with Gasteiger partial charge in [-0.2, -0.15) is 0 Å². The lowest BCUT2D eigenvalue weighted by Gasteiger charge is -2.48. The zero-order valence-corrected chi connectivity index (χ0v) is 54.8. The van der Waals surface area contributed by atoms with Gasteiger partial charge >= 0.3 is 0 Å². The van der Waals surface area contributed by atoms with E-state index in [0.29, 0.717) is 12.8 Å². The van der Waals surface area contributed by atoms with Gasteiger partial charge in [-0.3, -0.25) is 4.79 Å². The largest absolute Gasteiger partial charge is 0.394 e. The number of unbranched alkanes of at least 4 members (excludes halogenated alkanes) is 24. The Hall–Kier alpha value is -3.03. The number of carbonyl (C=O) groups excluding carboxylic acids is 1. The van der Waals surface area contributed by atoms with E-state index in [-0.39, 0.29) is 18.9 Å². The number of aliphatic hydroxyl groups excluding tert-OH is 11. The van der Waals surface area contributed by atoms with E-state index in [0.717, 1.165) is 77.0 Å². The van der Waals surface area contributed by atoms with Crippen LogP contribution in [-0.4, -0.2) is 193 Å². The minimum absolute atomic E-state index is 0.227. The van der Waals surface area contributed by atoms with Crippen LogP contribution in [0.4, 0.5) is 0 Å². The van der Waals surface area contributed by atoms with Gasteiger partial charge in [0.15, 0.2) is 18.9 Å². The molecule has 19 nitrogen and oxygen atoms in total. The summed E-state index contributed by atoms with van der Waals surface area (Å²) in [6.07, 6.45) is 39.8. The Morgan fingerprint density at radius 2 is 0.778 bits per heavy atom. The second-order valence-electron chi connectivity index (χ2n) is 24.6. The number of amides is 1. The highest BCUT2D eigenvalue weighted by Crippen LogP contribution is 2.33. The van der Waals surface area contributed by atoms with Gasteiger partial charge in [0.05, 0.1) is 38.6 Å². The topological polar surface area (TPSA) is 307 Å². The number of hydrogen-bond acceptors (Lipinski definition) is 18. The molecule has 3 rings (SSSR count). The van der Waals surface area contributed by atoms with Crippen molar-refractivity contribution in [3.8, 4) is 0 Å². The molecule has 0 bridgehead atoms. The van der Waals surface area contributed by atoms with Gasteiger partial charge in [-0.25, -0.2) is 0 Å². The van der Waals surface area contributed by atoms with E-state index in [2.05, 4.69) is 92.1 Å². The van der Waals surface area contributed by atoms with E-state index >= 15 is 0 Å². The molecule has 17 unspecified atom stereocenters. The van der Waals surface area contributed by atoms with Crippen LogP contribution in [0.5, 0.6) is 0 Å². The first kappa shape index (κ1) is 81.2. The van der Waals surface area contributed by atoms with Crippen LogP contribution in [0.25, 0.3) is 0 Å². The van der Waals surface area contributed by atoms with Crippen LogP contribution < -0.4 is 5.32 Å². The highest BCUT2D eigenvalue weighted by atomic mass is 16.8. The van der Waals surface area contributed by atoms with Gasteiger partial charge in [0, 0.05) is 6.42 Å². The van der Waals surface area contributed by atoms with E-state index in [9.17, 15) is 61.0 Å². The van der Waals surface area contributed by atoms with Gasteiger partial charge < -0.3 is 89.9 Å². The molecule has 0 aliphatic carbocycles. The zero-order chi connectivity index (χ0) is 65.4. The predicted molar refractivity (Wildman–Crippen MR) is 351 cm³/mol. The fourth-order valence-corrected chi connectivity index (χ4v) is 11.3. The Labute approximate surface area is 540 Å². The minimum atomic E-state index is -1.99. The van der Waals surface area contributed by atoms with Crippen molar-refractivity contribution in [2.45, 2.75) is 330 Å². The van der Waals surface area contributed by atoms with Crippen LogP contribution in [-0.2, 0) is 33.2 Å². The molecule has 3 aliphatic heterocycles. The molecule has 3 saturated heterocycles. The third kappa shape index (κ3) is 33.9. The van der Waals surface area contributed by atoms with E-state index in [4.69, 9.17) is 28.4 Å². The van der Waals surface area contributed by atoms with Crippen molar-refractivity contribution in [1.82, 2.24) is 5.32 Å². The minimum Gasteiger partial charge on any atom is -0.394 e. The van der Waals surface area contributed by atoms with Crippen molar-refractivity contribution in [2.75, 3.05) is 26.4 Å². The average Bonchev–Trinajstić information content (AvgIpc) is 0.866. The molecule has 90 heavy (non-hydrogen) atoms. The molecule has 0 spiro atoms. The van der Waals surface area contributed by atoms with Crippen LogP contribution in [0.1, 0.15) is 226 Å². The van der Waals surface area contributed by atoms with Gasteiger partial charge in [0.1, 0.15) is 73.2 Å². The molecule has 3 heterocycles. The Balaban J connectivity index is 1.44. The third-order valence-electron chi connectivity index (χ3n) is 16.9. The van der Waals surface area contributed by atoms with E-state index in [1.807, 2.05) is 6.08 Å². The van der Waals surface area contributed by atoms with Crippen molar-refractivity contribution < 1.29 is 89.4 Å². The van der Waals surface area contributed by atoms with Gasteiger partial charge in [-0.15, -0.1) is 0 Å². The number of ether oxygens (including phenoxy) is 6. The monoisotopic (exact) mass is 1280 g/mol. The van der Waals surface area contributed by atoms with Gasteiger partial charge in [0.2, 0.25) is 5.91 Å². The third-order valence-corrected chi connectivity index (χ3v) is 16.9. The Kier molecular flexibility index (Phi) is 47.2. The molecule has 0 radical (unpaired) electrons. The molecule has 1 amide bonds. The first-order chi connectivity index (χ1) is 43.8. The summed E-state index contributed by atoms with van der Waals surface area (Å²) in [6, 6.07) is -1.00. The first-order valence-electron chi connectivity index (χ1n) is 34.8. The van der Waals surface area contributed by atoms with E-state index < -0.39 is 124 Å². The number of hydrogen-bond donors (Lipinski definition) is 12. The van der Waals surface area contributed by atoms with Gasteiger partial charge in [0.25, 0.3) is 0 Å². The average molecular weight is 1280 g/mol. The predicted octanol–water partition coefficient (Wildman–Crippen LogP) is 9.10. The fraction of sp³-hybridized carbons (Fsp3) is 0.789. The van der Waals surface area contributed by atoms with Crippen LogP contribution in [0.15, 0.2) is 85.1 Å². The smallest absolute Gasteiger partial charge is 0.220 e. The van der Waals surface area contributed by atoms with Gasteiger partial charge in [-0.1, -0.05) is 221 Å². The number of aliphatic hydroxyl groups is 11. The quantitative estimate of drug-likeness (QED) is 0.0200. The molecular weight excluding hydrogens is 1150 g/mol. The first-order valence-corrected chi connectivity index (χ1v) is 34.8. The maximum atomic E-state index is 13.4. The van der Waals surface area contributed by atoms with Crippen molar-refractivity contribution >= 4 is 5.91 Å². The Bertz CT molecular complexity index is 1960. The summed E-state index contributed by atoms with van der Waals surface area (Å²) in [5.74, 6) is -0.293. The number of nitrogens with one attached hydrogen (secondary N) is 1. The molecular formula is C71H123NO18. The zero-order valence-electron chi connectivity index (χ0n) is 54.8. The summed E-state index contributed by atoms with van der Waals surface area (Å²) in [7, 11) is 0. The second-order valence-corrected chi connectivity index (χ2v) is 24.6. The molecule has 0 aromatic carbocycles. The van der Waals surface area contributed by atoms with Crippen LogP contribution in [0.3, 0.4) is 0 Å². The second kappa shape index (κ2) is 52.3. The normalized spacial score (nSPS) is 28.6. The molecule has 0 aromatic rings. The molecule has 0 aromatic heterocycles. The Morgan fingerprint density at radius 3 is 1.24 bits per heavy atom. The fourth-order valence-electron chi connectivity index (χ4n) is 11.3. The summed E-state index contributed by atoms with van der Waals surface area (Å²) in [4.78, 5) is 13.4. The highest BCUT2D eigenvalue weighted by Gasteiger charge is 2.53. The summed E-state index contributed by atoms with van der Waals surface area (Å²) in [5, 5.41) is 120. The van der Waals surface area contributed by atoms with Crippen LogP contribution in [0.2, 0.25) is 0 Å². The SMILES string of the molecule is CC/C=C\C/C=C\C/C=C\C/C=C\CCCCCCCCCCCCCCCCC(=O)NC(COC1OC(CO)C(OC2OC(CO)C(OC3OC(CO)C(O)C(O)C3O)C(O)C2O)C(O)C1O)C(O)/C=C/CC/C=C/CC/C=C/CCCCCCCCCC. The lowest BCUT2D eigenvalue weighted by Crippen LogP contribution is -2.66. The molecule has 3 aliphatic rings. The maximum Gasteiger partial charge on any atom is 0.220 e. The number of carbonyl (C=O) groups is 1. The summed E-state index contributed by atoms with van der Waals surface area (Å²) < 4.78 is 34.3. The van der Waals surface area contributed by atoms with Crippen molar-refractivity contribution in [1.29, 1.82) is 0 Å². The van der Waals surface area contributed by atoms with E-state index in [1.165, 1.54) is 116 Å². The molecule has 17 atom stereocenters. The lowest BCUT2D eigenvalue weighted by molar-refractivity contribution is -0.379. The van der Waals surface area contributed by atoms with Crippen molar-refractivity contribution in [2.24, 2.45) is 0 Å². The summed E-state index contributed by atoms with van der Waals surface area (Å²) in [5.41, 5.74) is 0. The molecule has 19 heteroatoms. The lowest BCUT2D eigenvalue weighted by atomic mass is 9.96. The molecule has 0 saturated carbocycles. The van der Waals surface area contributed by atoms with Crippen molar-refractivity contribution in [3.63, 3.8) is 0 Å². The molecule has 3 fully saturated rings. The van der Waals surface area contributed by atoms with Crippen LogP contribution >= 0.6 is 0 Å². The number of allylic oxidation sites excluding steroid dienone is 13. The highest BCUT2D eigenvalue weighted by molar-refractivity contribution is 5.76. The Morgan fingerprint density at radius 1 is 0.411 bits per heavy atom. The summed E-state index contributed by atoms with van der Waals surface area (Å²) >= 11 is 0. The van der Waals surface area contributed by atoms with Crippen molar-refractivity contribution in [3.05, 3.63) is 85.1 Å². The maximum absolute atomic E-state index is 13.4. The molecule has 12 N–H and O–H groups in total. The van der Waals surface area contributed by atoms with Crippen LogP contribution in [0, 0.1) is 0 Å². The summed E-state index contributed by atoms with van der Waals surface area (Å²) in [6.45, 7) is 1.59. The molecule has 520 valence electrons.